The van der Waals surface area contributed by atoms with E-state index in [4.69, 9.17) is 39.5 Å². The van der Waals surface area contributed by atoms with Crippen LogP contribution in [0, 0.1) is 6.92 Å². The van der Waals surface area contributed by atoms with Crippen LogP contribution >= 0.6 is 46.6 Å². The summed E-state index contributed by atoms with van der Waals surface area (Å²) in [6.45, 7) is 8.88. The second kappa shape index (κ2) is 13.4. The third-order valence-electron chi connectivity index (χ3n) is 7.06. The zero-order valence-corrected chi connectivity index (χ0v) is 26.7. The van der Waals surface area contributed by atoms with Crippen LogP contribution in [-0.2, 0) is 27.3 Å². The van der Waals surface area contributed by atoms with Gasteiger partial charge in [0, 0.05) is 11.3 Å². The van der Waals surface area contributed by atoms with Gasteiger partial charge in [-0.2, -0.15) is 0 Å². The Morgan fingerprint density at radius 3 is 2.32 bits per heavy atom. The summed E-state index contributed by atoms with van der Waals surface area (Å²) >= 11 is 19.3. The normalized spacial score (nSPS) is 18.4. The number of ether oxygens (including phenoxy) is 1. The van der Waals surface area contributed by atoms with E-state index >= 15 is 0 Å². The molecule has 0 radical (unpaired) electrons. The number of benzene rings is 2. The number of halogens is 3. The Bertz CT molecular complexity index is 1240. The van der Waals surface area contributed by atoms with Crippen LogP contribution in [-0.4, -0.2) is 66.1 Å². The first-order valence-corrected chi connectivity index (χ1v) is 15.2. The number of aryl methyl sites for hydroxylation is 1. The van der Waals surface area contributed by atoms with Gasteiger partial charge in [0.15, 0.2) is 11.7 Å². The Morgan fingerprint density at radius 1 is 1.10 bits per heavy atom. The van der Waals surface area contributed by atoms with Crippen LogP contribution < -0.4 is 10.6 Å². The molecule has 3 rings (SSSR count). The summed E-state index contributed by atoms with van der Waals surface area (Å²) < 4.78 is 2.80. The molecule has 1 saturated heterocycles. The summed E-state index contributed by atoms with van der Waals surface area (Å²) in [7, 11) is 0. The molecule has 3 unspecified atom stereocenters. The molecule has 8 nitrogen and oxygen atoms in total. The Morgan fingerprint density at radius 2 is 1.71 bits per heavy atom. The zero-order valence-electron chi connectivity index (χ0n) is 23.6. The maximum atomic E-state index is 13.8. The number of nitrogens with one attached hydrogen (secondary N) is 2. The van der Waals surface area contributed by atoms with Gasteiger partial charge in [-0.05, 0) is 57.7 Å². The predicted octanol–water partition coefficient (Wildman–Crippen LogP) is 5.14. The Balaban J connectivity index is 1.81. The fraction of sp³-hybridized carbons (Fsp3) is 0.483. The summed E-state index contributed by atoms with van der Waals surface area (Å²) in [5, 5.41) is 16.9. The SMILES string of the molecule is Cc1ccccc1CNC(=O)C1N(C(=O)C(O)C(Cc2ccccc2)NC(=O)OC(C)(C)C(Cl)(Cl)Cl)CSC1(C)C. The van der Waals surface area contributed by atoms with Crippen molar-refractivity contribution >= 4 is 64.5 Å². The molecular weight excluding hydrogens is 609 g/mol. The molecule has 0 spiro atoms. The molecule has 2 aromatic carbocycles. The van der Waals surface area contributed by atoms with Crippen molar-refractivity contribution in [1.29, 1.82) is 0 Å². The monoisotopic (exact) mass is 643 g/mol. The van der Waals surface area contributed by atoms with Gasteiger partial charge in [0.1, 0.15) is 6.04 Å². The first kappa shape index (κ1) is 33.3. The molecule has 0 aromatic heterocycles. The van der Waals surface area contributed by atoms with Crippen molar-refractivity contribution < 1.29 is 24.2 Å². The van der Waals surface area contributed by atoms with Gasteiger partial charge in [0.25, 0.3) is 5.91 Å². The molecule has 1 fully saturated rings. The largest absolute Gasteiger partial charge is 0.439 e. The first-order chi connectivity index (χ1) is 19.0. The molecule has 2 aromatic rings. The van der Waals surface area contributed by atoms with E-state index in [2.05, 4.69) is 10.6 Å². The van der Waals surface area contributed by atoms with Crippen molar-refractivity contribution in [2.45, 2.75) is 79.9 Å². The number of carbonyl (C=O) groups is 3. The smallest absolute Gasteiger partial charge is 0.408 e. The lowest BCUT2D eigenvalue weighted by atomic mass is 9.97. The number of alkyl halides is 3. The van der Waals surface area contributed by atoms with E-state index < -0.39 is 44.3 Å². The van der Waals surface area contributed by atoms with Crippen molar-refractivity contribution in [3.8, 4) is 0 Å². The highest BCUT2D eigenvalue weighted by Crippen LogP contribution is 2.41. The molecule has 3 atom stereocenters. The Hall–Kier alpha value is -2.17. The van der Waals surface area contributed by atoms with E-state index in [9.17, 15) is 19.5 Å². The van der Waals surface area contributed by atoms with E-state index in [-0.39, 0.29) is 18.2 Å². The highest BCUT2D eigenvalue weighted by molar-refractivity contribution is 8.00. The van der Waals surface area contributed by atoms with Crippen molar-refractivity contribution in [2.75, 3.05) is 5.88 Å². The van der Waals surface area contributed by atoms with E-state index in [0.29, 0.717) is 6.54 Å². The lowest BCUT2D eigenvalue weighted by Gasteiger charge is -2.35. The number of alkyl carbamates (subject to hydrolysis) is 1. The van der Waals surface area contributed by atoms with Gasteiger partial charge in [-0.3, -0.25) is 9.59 Å². The van der Waals surface area contributed by atoms with Crippen LogP contribution in [0.4, 0.5) is 4.79 Å². The van der Waals surface area contributed by atoms with Gasteiger partial charge in [0.05, 0.1) is 11.9 Å². The molecule has 1 heterocycles. The molecule has 41 heavy (non-hydrogen) atoms. The second-order valence-corrected chi connectivity index (χ2v) is 14.9. The van der Waals surface area contributed by atoms with Gasteiger partial charge in [-0.1, -0.05) is 89.4 Å². The number of nitrogens with zero attached hydrogens (tertiary/aromatic N) is 1. The second-order valence-electron chi connectivity index (χ2n) is 11.0. The number of hydrogen-bond acceptors (Lipinski definition) is 6. The van der Waals surface area contributed by atoms with Crippen LogP contribution in [0.3, 0.4) is 0 Å². The molecule has 12 heteroatoms. The van der Waals surface area contributed by atoms with Crippen molar-refractivity contribution in [3.63, 3.8) is 0 Å². The van der Waals surface area contributed by atoms with Gasteiger partial charge >= 0.3 is 6.09 Å². The highest BCUT2D eigenvalue weighted by atomic mass is 35.6. The molecule has 0 bridgehead atoms. The maximum Gasteiger partial charge on any atom is 0.408 e. The minimum atomic E-state index is -1.93. The zero-order chi connectivity index (χ0) is 30.6. The van der Waals surface area contributed by atoms with E-state index in [1.54, 1.807) is 24.3 Å². The van der Waals surface area contributed by atoms with Crippen molar-refractivity contribution in [3.05, 3.63) is 71.3 Å². The third kappa shape index (κ3) is 8.45. The lowest BCUT2D eigenvalue weighted by molar-refractivity contribution is -0.147. The number of hydrogen-bond donors (Lipinski definition) is 3. The fourth-order valence-electron chi connectivity index (χ4n) is 4.42. The average Bonchev–Trinajstić information content (AvgIpc) is 3.21. The molecule has 3 amide bonds. The van der Waals surface area contributed by atoms with E-state index in [1.807, 2.05) is 51.1 Å². The molecule has 224 valence electrons. The predicted molar refractivity (Wildman–Crippen MR) is 164 cm³/mol. The summed E-state index contributed by atoms with van der Waals surface area (Å²) in [6, 6.07) is 14.8. The van der Waals surface area contributed by atoms with Crippen LogP contribution in [0.5, 0.6) is 0 Å². The highest BCUT2D eigenvalue weighted by Gasteiger charge is 2.50. The molecule has 0 aliphatic carbocycles. The van der Waals surface area contributed by atoms with Crippen LogP contribution in [0.25, 0.3) is 0 Å². The lowest BCUT2D eigenvalue weighted by Crippen LogP contribution is -2.59. The average molecular weight is 645 g/mol. The van der Waals surface area contributed by atoms with Gasteiger partial charge < -0.3 is 25.4 Å². The van der Waals surface area contributed by atoms with Gasteiger partial charge in [-0.25, -0.2) is 4.79 Å². The van der Waals surface area contributed by atoms with Gasteiger partial charge in [-0.15, -0.1) is 11.8 Å². The van der Waals surface area contributed by atoms with Crippen LogP contribution in [0.1, 0.15) is 44.4 Å². The molecule has 3 N–H and O–H groups in total. The number of carbonyl (C=O) groups excluding carboxylic acids is 3. The summed E-state index contributed by atoms with van der Waals surface area (Å²) in [6.07, 6.45) is -2.57. The number of rotatable bonds is 9. The van der Waals surface area contributed by atoms with E-state index in [1.165, 1.54) is 30.5 Å². The summed E-state index contributed by atoms with van der Waals surface area (Å²) in [4.78, 5) is 41.4. The van der Waals surface area contributed by atoms with Crippen molar-refractivity contribution in [2.24, 2.45) is 0 Å². The number of aliphatic hydroxyl groups is 1. The van der Waals surface area contributed by atoms with E-state index in [0.717, 1.165) is 16.7 Å². The quantitative estimate of drug-likeness (QED) is 0.327. The molecule has 1 aliphatic rings. The number of amides is 3. The van der Waals surface area contributed by atoms with Crippen LogP contribution in [0.2, 0.25) is 0 Å². The maximum absolute atomic E-state index is 13.8. The fourth-order valence-corrected chi connectivity index (χ4v) is 5.68. The van der Waals surface area contributed by atoms with Crippen LogP contribution in [0.15, 0.2) is 54.6 Å². The number of thioether (sulfide) groups is 1. The van der Waals surface area contributed by atoms with Crippen molar-refractivity contribution in [1.82, 2.24) is 15.5 Å². The third-order valence-corrected chi connectivity index (χ3v) is 9.80. The minimum Gasteiger partial charge on any atom is -0.439 e. The summed E-state index contributed by atoms with van der Waals surface area (Å²) in [5.41, 5.74) is 1.25. The minimum absolute atomic E-state index is 0.103. The Labute approximate surface area is 260 Å². The Kier molecular flexibility index (Phi) is 10.9. The van der Waals surface area contributed by atoms with Gasteiger partial charge in [0.2, 0.25) is 9.70 Å². The standard InChI is InChI=1S/C29H36Cl3N3O5S/c1-18-11-9-10-14-20(18)16-33-24(37)23-27(2,3)41-17-35(23)25(38)22(36)21(15-19-12-7-6-8-13-19)34-26(39)40-28(4,5)29(30,31)32/h6-14,21-23,36H,15-17H2,1-5H3,(H,33,37)(H,34,39). The molecular formula is C29H36Cl3N3O5S. The molecule has 1 aliphatic heterocycles. The summed E-state index contributed by atoms with van der Waals surface area (Å²) in [5.74, 6) is -0.838. The topological polar surface area (TPSA) is 108 Å². The molecule has 0 saturated carbocycles. The number of aliphatic hydroxyl groups excluding tert-OH is 1. The first-order valence-electron chi connectivity index (χ1n) is 13.1.